The van der Waals surface area contributed by atoms with E-state index in [1.807, 2.05) is 0 Å². The summed E-state index contributed by atoms with van der Waals surface area (Å²) in [4.78, 5) is 0. The predicted octanol–water partition coefficient (Wildman–Crippen LogP) is 4.32. The Kier molecular flexibility index (Phi) is 6.35. The molecule has 0 bridgehead atoms. The Morgan fingerprint density at radius 3 is 2.53 bits per heavy atom. The zero-order valence-electron chi connectivity index (χ0n) is 11.8. The van der Waals surface area contributed by atoms with Crippen LogP contribution in [0.2, 0.25) is 0 Å². The van der Waals surface area contributed by atoms with Crippen molar-refractivity contribution in [3.63, 3.8) is 0 Å². The Balaban J connectivity index is 2.64. The molecule has 1 heterocycles. The van der Waals surface area contributed by atoms with Crippen LogP contribution in [0.15, 0.2) is 16.5 Å². The van der Waals surface area contributed by atoms with Gasteiger partial charge >= 0.3 is 0 Å². The third-order valence-corrected chi connectivity index (χ3v) is 3.24. The largest absolute Gasteiger partial charge is 0.464 e. The highest BCUT2D eigenvalue weighted by molar-refractivity contribution is 5.11. The lowest BCUT2D eigenvalue weighted by molar-refractivity contribution is 0.336. The van der Waals surface area contributed by atoms with Crippen LogP contribution in [-0.2, 0) is 6.42 Å². The molecule has 1 aromatic heterocycles. The summed E-state index contributed by atoms with van der Waals surface area (Å²) in [6.07, 6.45) is 4.70. The molecule has 1 N–H and O–H groups in total. The number of hydrogen-bond acceptors (Lipinski definition) is 2. The molecule has 0 saturated carbocycles. The van der Waals surface area contributed by atoms with Crippen molar-refractivity contribution in [2.45, 2.75) is 59.4 Å². The maximum Gasteiger partial charge on any atom is 0.121 e. The van der Waals surface area contributed by atoms with Crippen molar-refractivity contribution in [2.75, 3.05) is 6.54 Å². The summed E-state index contributed by atoms with van der Waals surface area (Å²) >= 11 is 0. The molecule has 1 rings (SSSR count). The van der Waals surface area contributed by atoms with E-state index >= 15 is 0 Å². The van der Waals surface area contributed by atoms with Gasteiger partial charge in [-0.3, -0.25) is 0 Å². The molecule has 0 saturated heterocycles. The molecule has 0 aliphatic rings. The lowest BCUT2D eigenvalue weighted by Gasteiger charge is -2.19. The highest BCUT2D eigenvalue weighted by Crippen LogP contribution is 2.25. The van der Waals surface area contributed by atoms with Gasteiger partial charge in [-0.25, -0.2) is 0 Å². The molecule has 0 spiro atoms. The van der Waals surface area contributed by atoms with Gasteiger partial charge in [0.2, 0.25) is 0 Å². The molecule has 2 heteroatoms. The van der Waals surface area contributed by atoms with E-state index in [0.29, 0.717) is 6.04 Å². The van der Waals surface area contributed by atoms with Crippen LogP contribution in [0.4, 0.5) is 0 Å². The van der Waals surface area contributed by atoms with Gasteiger partial charge in [0.05, 0.1) is 6.04 Å². The standard InChI is InChI=1S/C15H27NO/c1-5-8-12(4)11-14(16-7-3)15-10-9-13(6-2)17-15/h9-10,12,14,16H,5-8,11H2,1-4H3. The van der Waals surface area contributed by atoms with Gasteiger partial charge in [0, 0.05) is 6.42 Å². The van der Waals surface area contributed by atoms with Crippen LogP contribution in [0, 0.1) is 5.92 Å². The number of rotatable bonds is 8. The molecular weight excluding hydrogens is 210 g/mol. The fraction of sp³-hybridized carbons (Fsp3) is 0.733. The van der Waals surface area contributed by atoms with Crippen molar-refractivity contribution in [3.05, 3.63) is 23.7 Å². The minimum absolute atomic E-state index is 0.377. The van der Waals surface area contributed by atoms with E-state index < -0.39 is 0 Å². The second-order valence-corrected chi connectivity index (χ2v) is 4.90. The zero-order valence-corrected chi connectivity index (χ0v) is 11.8. The summed E-state index contributed by atoms with van der Waals surface area (Å²) in [5.41, 5.74) is 0. The van der Waals surface area contributed by atoms with Gasteiger partial charge in [-0.05, 0) is 31.0 Å². The van der Waals surface area contributed by atoms with Crippen LogP contribution in [0.3, 0.4) is 0 Å². The number of hydrogen-bond donors (Lipinski definition) is 1. The molecule has 2 atom stereocenters. The molecule has 98 valence electrons. The average molecular weight is 237 g/mol. The molecule has 0 aliphatic heterocycles. The minimum atomic E-state index is 0.377. The van der Waals surface area contributed by atoms with Crippen molar-refractivity contribution in [2.24, 2.45) is 5.92 Å². The van der Waals surface area contributed by atoms with E-state index in [-0.39, 0.29) is 0 Å². The molecule has 0 amide bonds. The van der Waals surface area contributed by atoms with E-state index in [1.54, 1.807) is 0 Å². The first-order valence-electron chi connectivity index (χ1n) is 7.03. The van der Waals surface area contributed by atoms with Crippen molar-refractivity contribution < 1.29 is 4.42 Å². The van der Waals surface area contributed by atoms with E-state index in [2.05, 4.69) is 45.1 Å². The lowest BCUT2D eigenvalue weighted by Crippen LogP contribution is -2.22. The monoisotopic (exact) mass is 237 g/mol. The Labute approximate surface area is 106 Å². The minimum Gasteiger partial charge on any atom is -0.464 e. The normalized spacial score (nSPS) is 14.8. The highest BCUT2D eigenvalue weighted by atomic mass is 16.3. The smallest absolute Gasteiger partial charge is 0.121 e. The second kappa shape index (κ2) is 7.54. The molecule has 0 aliphatic carbocycles. The van der Waals surface area contributed by atoms with Crippen LogP contribution in [0.1, 0.15) is 64.5 Å². The van der Waals surface area contributed by atoms with Crippen LogP contribution in [-0.4, -0.2) is 6.54 Å². The second-order valence-electron chi connectivity index (χ2n) is 4.90. The van der Waals surface area contributed by atoms with Crippen LogP contribution in [0.25, 0.3) is 0 Å². The van der Waals surface area contributed by atoms with Crippen molar-refractivity contribution in [3.8, 4) is 0 Å². The number of aryl methyl sites for hydroxylation is 1. The quantitative estimate of drug-likeness (QED) is 0.728. The number of furan rings is 1. The van der Waals surface area contributed by atoms with Crippen molar-refractivity contribution in [1.29, 1.82) is 0 Å². The highest BCUT2D eigenvalue weighted by Gasteiger charge is 2.17. The predicted molar refractivity (Wildman–Crippen MR) is 73.2 cm³/mol. The van der Waals surface area contributed by atoms with Crippen molar-refractivity contribution in [1.82, 2.24) is 5.32 Å². The van der Waals surface area contributed by atoms with E-state index in [9.17, 15) is 0 Å². The summed E-state index contributed by atoms with van der Waals surface area (Å²) in [5.74, 6) is 2.94. The fourth-order valence-corrected chi connectivity index (χ4v) is 2.33. The first-order valence-corrected chi connectivity index (χ1v) is 7.03. The van der Waals surface area contributed by atoms with Gasteiger partial charge in [-0.1, -0.05) is 40.5 Å². The molecule has 2 nitrogen and oxygen atoms in total. The third-order valence-electron chi connectivity index (χ3n) is 3.24. The first-order chi connectivity index (χ1) is 8.21. The fourth-order valence-electron chi connectivity index (χ4n) is 2.33. The Morgan fingerprint density at radius 2 is 2.00 bits per heavy atom. The maximum atomic E-state index is 5.86. The summed E-state index contributed by atoms with van der Waals surface area (Å²) in [5, 5.41) is 3.53. The molecule has 17 heavy (non-hydrogen) atoms. The summed E-state index contributed by atoms with van der Waals surface area (Å²) < 4.78 is 5.86. The van der Waals surface area contributed by atoms with Gasteiger partial charge in [0.1, 0.15) is 11.5 Å². The van der Waals surface area contributed by atoms with E-state index in [1.165, 1.54) is 19.3 Å². The Hall–Kier alpha value is -0.760. The van der Waals surface area contributed by atoms with E-state index in [4.69, 9.17) is 4.42 Å². The molecular formula is C15H27NO. The van der Waals surface area contributed by atoms with Gasteiger partial charge in [-0.15, -0.1) is 0 Å². The Morgan fingerprint density at radius 1 is 1.24 bits per heavy atom. The summed E-state index contributed by atoms with van der Waals surface area (Å²) in [6.45, 7) is 9.86. The topological polar surface area (TPSA) is 25.2 Å². The maximum absolute atomic E-state index is 5.86. The number of nitrogens with one attached hydrogen (secondary N) is 1. The molecule has 0 radical (unpaired) electrons. The summed E-state index contributed by atoms with van der Waals surface area (Å²) in [6, 6.07) is 4.61. The summed E-state index contributed by atoms with van der Waals surface area (Å²) in [7, 11) is 0. The van der Waals surface area contributed by atoms with Gasteiger partial charge in [0.15, 0.2) is 0 Å². The van der Waals surface area contributed by atoms with Crippen molar-refractivity contribution >= 4 is 0 Å². The van der Waals surface area contributed by atoms with Crippen LogP contribution < -0.4 is 5.32 Å². The molecule has 2 unspecified atom stereocenters. The van der Waals surface area contributed by atoms with Crippen LogP contribution >= 0.6 is 0 Å². The third kappa shape index (κ3) is 4.55. The zero-order chi connectivity index (χ0) is 12.7. The van der Waals surface area contributed by atoms with Gasteiger partial charge in [-0.2, -0.15) is 0 Å². The van der Waals surface area contributed by atoms with Gasteiger partial charge < -0.3 is 9.73 Å². The lowest BCUT2D eigenvalue weighted by atomic mass is 9.96. The Bertz CT molecular complexity index is 306. The molecule has 1 aromatic rings. The van der Waals surface area contributed by atoms with E-state index in [0.717, 1.165) is 30.4 Å². The average Bonchev–Trinajstić information content (AvgIpc) is 2.77. The molecule has 0 aromatic carbocycles. The first kappa shape index (κ1) is 14.3. The molecule has 0 fully saturated rings. The SMILES string of the molecule is CCCC(C)CC(NCC)c1ccc(CC)o1. The van der Waals surface area contributed by atoms with Crippen LogP contribution in [0.5, 0.6) is 0 Å². The van der Waals surface area contributed by atoms with Gasteiger partial charge in [0.25, 0.3) is 0 Å².